The van der Waals surface area contributed by atoms with Gasteiger partial charge in [-0.3, -0.25) is 14.3 Å². The summed E-state index contributed by atoms with van der Waals surface area (Å²) in [5.74, 6) is 0.916. The Morgan fingerprint density at radius 3 is 2.56 bits per heavy atom. The Balaban J connectivity index is 1.52. The van der Waals surface area contributed by atoms with Crippen molar-refractivity contribution in [2.24, 2.45) is 7.05 Å². The maximum atomic E-state index is 12.8. The highest BCUT2D eigenvalue weighted by Crippen LogP contribution is 2.29. The van der Waals surface area contributed by atoms with Gasteiger partial charge in [0.25, 0.3) is 23.5 Å². The Morgan fingerprint density at radius 1 is 1.08 bits per heavy atom. The van der Waals surface area contributed by atoms with Crippen LogP contribution in [0.5, 0.6) is 17.2 Å². The fraction of sp³-hybridized carbons (Fsp3) is 0.250. The van der Waals surface area contributed by atoms with Crippen LogP contribution in [0.1, 0.15) is 41.7 Å². The van der Waals surface area contributed by atoms with Crippen molar-refractivity contribution < 1.29 is 23.6 Å². The summed E-state index contributed by atoms with van der Waals surface area (Å²) in [5, 5.41) is 13.2. The van der Waals surface area contributed by atoms with Gasteiger partial charge in [-0.25, -0.2) is 4.98 Å². The molecule has 0 aliphatic carbocycles. The summed E-state index contributed by atoms with van der Waals surface area (Å²) in [5.41, 5.74) is 0.708. The van der Waals surface area contributed by atoms with Crippen molar-refractivity contribution >= 4 is 17.6 Å². The number of carbonyl (C=O) groups excluding carboxylic acids is 2. The van der Waals surface area contributed by atoms with Crippen molar-refractivity contribution in [1.29, 1.82) is 0 Å². The van der Waals surface area contributed by atoms with Crippen LogP contribution in [0.3, 0.4) is 0 Å². The van der Waals surface area contributed by atoms with Crippen LogP contribution >= 0.6 is 0 Å². The van der Waals surface area contributed by atoms with Crippen molar-refractivity contribution in [3.63, 3.8) is 0 Å². The molecule has 12 heteroatoms. The third kappa shape index (κ3) is 6.03. The molecule has 0 aliphatic heterocycles. The van der Waals surface area contributed by atoms with Gasteiger partial charge in [-0.05, 0) is 45.0 Å². The lowest BCUT2D eigenvalue weighted by Gasteiger charge is -2.14. The molecule has 3 aromatic heterocycles. The Morgan fingerprint density at radius 2 is 1.89 bits per heavy atom. The topological polar surface area (TPSA) is 146 Å². The predicted octanol–water partition coefficient (Wildman–Crippen LogP) is 3.45. The van der Waals surface area contributed by atoms with Gasteiger partial charge in [0.2, 0.25) is 0 Å². The number of benzene rings is 1. The molecule has 1 aromatic carbocycles. The third-order valence-corrected chi connectivity index (χ3v) is 4.63. The number of nitrogens with zero attached hydrogens (tertiary/aromatic N) is 5. The highest BCUT2D eigenvalue weighted by molar-refractivity contribution is 6.04. The number of carbonyl (C=O) groups is 2. The maximum absolute atomic E-state index is 12.8. The van der Waals surface area contributed by atoms with Crippen molar-refractivity contribution in [3.05, 3.63) is 60.2 Å². The SMILES string of the molecule is CCNC(=O)c1noc(-c2ccc(Oc3cc(OC(C)C)cc(C(=O)Nc4ccn(C)n4)c3)cn2)n1. The standard InChI is InChI=1S/C24H25N7O5/c1-5-25-23(33)21-28-24(36-30-21)19-7-6-16(13-26-19)35-18-11-15(10-17(12-18)34-14(2)3)22(32)27-20-8-9-31(4)29-20/h6-14H,5H2,1-4H3,(H,25,33)(H,27,29,32). The number of aromatic nitrogens is 5. The molecule has 0 spiro atoms. The average Bonchev–Trinajstić information content (AvgIpc) is 3.48. The molecule has 0 saturated heterocycles. The molecule has 3 heterocycles. The molecule has 0 atom stereocenters. The van der Waals surface area contributed by atoms with Gasteiger partial charge in [0.15, 0.2) is 5.82 Å². The van der Waals surface area contributed by atoms with Gasteiger partial charge in [-0.15, -0.1) is 0 Å². The number of rotatable bonds is 9. The molecule has 0 saturated carbocycles. The molecule has 0 bridgehead atoms. The zero-order valence-electron chi connectivity index (χ0n) is 20.2. The van der Waals surface area contributed by atoms with Crippen LogP contribution < -0.4 is 20.1 Å². The van der Waals surface area contributed by atoms with E-state index in [9.17, 15) is 9.59 Å². The molecule has 4 aromatic rings. The van der Waals surface area contributed by atoms with Crippen LogP contribution in [0.15, 0.2) is 53.3 Å². The summed E-state index contributed by atoms with van der Waals surface area (Å²) in [6, 6.07) is 9.88. The molecular formula is C24H25N7O5. The number of hydrogen-bond acceptors (Lipinski definition) is 9. The van der Waals surface area contributed by atoms with Gasteiger partial charge in [-0.2, -0.15) is 10.1 Å². The van der Waals surface area contributed by atoms with Crippen molar-refractivity contribution in [2.45, 2.75) is 26.9 Å². The molecule has 186 valence electrons. The Labute approximate surface area is 206 Å². The van der Waals surface area contributed by atoms with Gasteiger partial charge < -0.3 is 24.6 Å². The molecule has 0 fully saturated rings. The summed E-state index contributed by atoms with van der Waals surface area (Å²) >= 11 is 0. The highest BCUT2D eigenvalue weighted by Gasteiger charge is 2.17. The second-order valence-electron chi connectivity index (χ2n) is 7.95. The second kappa shape index (κ2) is 10.7. The largest absolute Gasteiger partial charge is 0.491 e. The first-order valence-corrected chi connectivity index (χ1v) is 11.2. The van der Waals surface area contributed by atoms with Gasteiger partial charge >= 0.3 is 0 Å². The number of pyridine rings is 1. The predicted molar refractivity (Wildman–Crippen MR) is 129 cm³/mol. The molecule has 0 aliphatic rings. The van der Waals surface area contributed by atoms with Gasteiger partial charge in [-0.1, -0.05) is 5.16 Å². The van der Waals surface area contributed by atoms with Crippen LogP contribution in [0.4, 0.5) is 5.82 Å². The fourth-order valence-corrected chi connectivity index (χ4v) is 3.13. The maximum Gasteiger partial charge on any atom is 0.292 e. The van der Waals surface area contributed by atoms with E-state index in [0.29, 0.717) is 40.9 Å². The van der Waals surface area contributed by atoms with Crippen LogP contribution in [0.25, 0.3) is 11.6 Å². The van der Waals surface area contributed by atoms with Crippen LogP contribution in [0.2, 0.25) is 0 Å². The number of hydrogen-bond donors (Lipinski definition) is 2. The number of amides is 2. The molecule has 12 nitrogen and oxygen atoms in total. The first-order chi connectivity index (χ1) is 17.3. The van der Waals surface area contributed by atoms with E-state index in [-0.39, 0.29) is 23.7 Å². The van der Waals surface area contributed by atoms with E-state index in [1.165, 1.54) is 6.20 Å². The summed E-state index contributed by atoms with van der Waals surface area (Å²) in [6.07, 6.45) is 3.09. The minimum absolute atomic E-state index is 0.0764. The minimum Gasteiger partial charge on any atom is -0.491 e. The Hall–Kier alpha value is -4.74. The van der Waals surface area contributed by atoms with E-state index in [2.05, 4.69) is 30.9 Å². The van der Waals surface area contributed by atoms with Crippen molar-refractivity contribution in [3.8, 4) is 28.8 Å². The van der Waals surface area contributed by atoms with Crippen LogP contribution in [0, 0.1) is 0 Å². The molecular weight excluding hydrogens is 466 g/mol. The van der Waals surface area contributed by atoms with Crippen LogP contribution in [-0.2, 0) is 7.05 Å². The second-order valence-corrected chi connectivity index (χ2v) is 7.95. The smallest absolute Gasteiger partial charge is 0.292 e. The minimum atomic E-state index is -0.432. The number of nitrogens with one attached hydrogen (secondary N) is 2. The summed E-state index contributed by atoms with van der Waals surface area (Å²) in [4.78, 5) is 33.0. The van der Waals surface area contributed by atoms with E-state index < -0.39 is 5.91 Å². The average molecular weight is 492 g/mol. The number of aryl methyl sites for hydroxylation is 1. The molecule has 2 amide bonds. The van der Waals surface area contributed by atoms with E-state index in [1.807, 2.05) is 13.8 Å². The molecule has 0 unspecified atom stereocenters. The molecule has 4 rings (SSSR count). The first kappa shape index (κ1) is 24.4. The normalized spacial score (nSPS) is 10.8. The van der Waals surface area contributed by atoms with E-state index in [1.54, 1.807) is 61.2 Å². The van der Waals surface area contributed by atoms with Gasteiger partial charge in [0.05, 0.1) is 12.3 Å². The van der Waals surface area contributed by atoms with Gasteiger partial charge in [0.1, 0.15) is 22.9 Å². The molecule has 2 N–H and O–H groups in total. The van der Waals surface area contributed by atoms with E-state index in [0.717, 1.165) is 0 Å². The quantitative estimate of drug-likeness (QED) is 0.359. The lowest BCUT2D eigenvalue weighted by molar-refractivity contribution is 0.0941. The molecule has 36 heavy (non-hydrogen) atoms. The highest BCUT2D eigenvalue weighted by atomic mass is 16.5. The summed E-state index contributed by atoms with van der Waals surface area (Å²) < 4.78 is 18.5. The summed E-state index contributed by atoms with van der Waals surface area (Å²) in [6.45, 7) is 6.01. The van der Waals surface area contributed by atoms with Crippen LogP contribution in [-0.4, -0.2) is 49.4 Å². The fourth-order valence-electron chi connectivity index (χ4n) is 3.13. The van der Waals surface area contributed by atoms with Crippen molar-refractivity contribution in [1.82, 2.24) is 30.2 Å². The monoisotopic (exact) mass is 491 g/mol. The Kier molecular flexibility index (Phi) is 7.23. The lowest BCUT2D eigenvalue weighted by atomic mass is 10.2. The van der Waals surface area contributed by atoms with E-state index >= 15 is 0 Å². The third-order valence-electron chi connectivity index (χ3n) is 4.63. The summed E-state index contributed by atoms with van der Waals surface area (Å²) in [7, 11) is 1.76. The Bertz CT molecular complexity index is 1360. The van der Waals surface area contributed by atoms with E-state index in [4.69, 9.17) is 14.0 Å². The molecule has 0 radical (unpaired) electrons. The number of ether oxygens (including phenoxy) is 2. The lowest BCUT2D eigenvalue weighted by Crippen LogP contribution is -2.23. The zero-order chi connectivity index (χ0) is 25.7. The first-order valence-electron chi connectivity index (χ1n) is 11.2. The number of anilines is 1. The zero-order valence-corrected chi connectivity index (χ0v) is 20.2. The van der Waals surface area contributed by atoms with Crippen molar-refractivity contribution in [2.75, 3.05) is 11.9 Å². The van der Waals surface area contributed by atoms with Gasteiger partial charge in [0, 0.05) is 37.5 Å².